The Bertz CT molecular complexity index is 568. The van der Waals surface area contributed by atoms with E-state index in [9.17, 15) is 9.59 Å². The predicted octanol–water partition coefficient (Wildman–Crippen LogP) is 3.13. The highest BCUT2D eigenvalue weighted by Crippen LogP contribution is 2.41. The third-order valence-corrected chi connectivity index (χ3v) is 4.52. The first kappa shape index (κ1) is 16.0. The van der Waals surface area contributed by atoms with Crippen LogP contribution in [-0.4, -0.2) is 35.2 Å². The van der Waals surface area contributed by atoms with Crippen molar-refractivity contribution in [2.24, 2.45) is 5.92 Å². The zero-order chi connectivity index (χ0) is 16.4. The Morgan fingerprint density at radius 3 is 2.65 bits per heavy atom. The van der Waals surface area contributed by atoms with E-state index >= 15 is 0 Å². The SMILES string of the molecule is CC1(C)OC(C=O)[C@H](CC2CC2)N1C(=O)OCc1ccccc1. The van der Waals surface area contributed by atoms with Crippen molar-refractivity contribution in [1.29, 1.82) is 0 Å². The molecular weight excluding hydrogens is 294 g/mol. The van der Waals surface area contributed by atoms with Gasteiger partial charge < -0.3 is 14.3 Å². The van der Waals surface area contributed by atoms with E-state index < -0.39 is 17.9 Å². The number of carbonyl (C=O) groups excluding carboxylic acids is 2. The van der Waals surface area contributed by atoms with Crippen molar-refractivity contribution in [2.75, 3.05) is 0 Å². The summed E-state index contributed by atoms with van der Waals surface area (Å²) in [6.45, 7) is 3.83. The lowest BCUT2D eigenvalue weighted by molar-refractivity contribution is -0.123. The number of carbonyl (C=O) groups is 2. The summed E-state index contributed by atoms with van der Waals surface area (Å²) in [5.41, 5.74) is 0.100. The van der Waals surface area contributed by atoms with Crippen LogP contribution in [0.15, 0.2) is 30.3 Å². The summed E-state index contributed by atoms with van der Waals surface area (Å²) in [4.78, 5) is 25.6. The van der Waals surface area contributed by atoms with E-state index in [-0.39, 0.29) is 12.6 Å². The van der Waals surface area contributed by atoms with E-state index in [1.54, 1.807) is 18.7 Å². The van der Waals surface area contributed by atoms with Crippen molar-refractivity contribution in [3.05, 3.63) is 35.9 Å². The van der Waals surface area contributed by atoms with Crippen LogP contribution >= 0.6 is 0 Å². The minimum absolute atomic E-state index is 0.216. The van der Waals surface area contributed by atoms with Crippen molar-refractivity contribution in [1.82, 2.24) is 4.90 Å². The summed E-state index contributed by atoms with van der Waals surface area (Å²) >= 11 is 0. The van der Waals surface area contributed by atoms with Crippen LogP contribution in [-0.2, 0) is 20.9 Å². The molecule has 1 aromatic rings. The highest BCUT2D eigenvalue weighted by atomic mass is 16.6. The van der Waals surface area contributed by atoms with Gasteiger partial charge in [-0.05, 0) is 31.7 Å². The molecule has 5 nitrogen and oxygen atoms in total. The van der Waals surface area contributed by atoms with Crippen molar-refractivity contribution in [2.45, 2.75) is 57.6 Å². The average Bonchev–Trinajstić information content (AvgIpc) is 3.30. The minimum Gasteiger partial charge on any atom is -0.444 e. The van der Waals surface area contributed by atoms with E-state index in [0.717, 1.165) is 31.1 Å². The summed E-state index contributed by atoms with van der Waals surface area (Å²) in [6, 6.07) is 9.32. The first-order valence-electron chi connectivity index (χ1n) is 8.14. The topological polar surface area (TPSA) is 55.8 Å². The number of ether oxygens (including phenoxy) is 2. The van der Waals surface area contributed by atoms with Crippen LogP contribution in [0.3, 0.4) is 0 Å². The van der Waals surface area contributed by atoms with Gasteiger partial charge in [0.25, 0.3) is 0 Å². The molecule has 1 aliphatic heterocycles. The number of rotatable bonds is 5. The number of nitrogens with zero attached hydrogens (tertiary/aromatic N) is 1. The smallest absolute Gasteiger partial charge is 0.412 e. The standard InChI is InChI=1S/C18H23NO4/c1-18(2)19(15(10-13-8-9-13)16(11-20)23-18)17(21)22-12-14-6-4-3-5-7-14/h3-7,11,13,15-16H,8-10,12H2,1-2H3/t15-,16?/m0/s1. The normalized spacial score (nSPS) is 26.1. The highest BCUT2D eigenvalue weighted by molar-refractivity contribution is 5.71. The molecule has 1 saturated carbocycles. The van der Waals surface area contributed by atoms with E-state index in [4.69, 9.17) is 9.47 Å². The molecule has 2 fully saturated rings. The summed E-state index contributed by atoms with van der Waals surface area (Å²) in [5.74, 6) is 0.587. The van der Waals surface area contributed by atoms with E-state index in [1.807, 2.05) is 30.3 Å². The molecule has 1 aliphatic carbocycles. The maximum absolute atomic E-state index is 12.6. The minimum atomic E-state index is -0.834. The largest absolute Gasteiger partial charge is 0.444 e. The molecule has 0 N–H and O–H groups in total. The van der Waals surface area contributed by atoms with E-state index in [0.29, 0.717) is 5.92 Å². The molecule has 2 atom stereocenters. The van der Waals surface area contributed by atoms with Crippen molar-refractivity contribution >= 4 is 12.4 Å². The summed E-state index contributed by atoms with van der Waals surface area (Å²) in [7, 11) is 0. The van der Waals surface area contributed by atoms with Gasteiger partial charge in [-0.25, -0.2) is 4.79 Å². The Balaban J connectivity index is 1.70. The molecule has 0 radical (unpaired) electrons. The molecule has 0 bridgehead atoms. The van der Waals surface area contributed by atoms with Gasteiger partial charge in [-0.15, -0.1) is 0 Å². The molecule has 5 heteroatoms. The van der Waals surface area contributed by atoms with Gasteiger partial charge >= 0.3 is 6.09 Å². The summed E-state index contributed by atoms with van der Waals surface area (Å²) < 4.78 is 11.2. The maximum Gasteiger partial charge on any atom is 0.412 e. The van der Waals surface area contributed by atoms with Crippen LogP contribution in [0.4, 0.5) is 4.79 Å². The number of aldehydes is 1. The first-order chi connectivity index (χ1) is 11.0. The average molecular weight is 317 g/mol. The lowest BCUT2D eigenvalue weighted by Gasteiger charge is -2.32. The maximum atomic E-state index is 12.6. The Morgan fingerprint density at radius 1 is 1.35 bits per heavy atom. The molecule has 1 heterocycles. The van der Waals surface area contributed by atoms with Crippen molar-refractivity contribution in [3.8, 4) is 0 Å². The number of amides is 1. The fourth-order valence-corrected chi connectivity index (χ4v) is 3.21. The van der Waals surface area contributed by atoms with Crippen LogP contribution in [0.5, 0.6) is 0 Å². The molecule has 1 saturated heterocycles. The molecule has 0 aromatic heterocycles. The van der Waals surface area contributed by atoms with Gasteiger partial charge in [0.2, 0.25) is 0 Å². The van der Waals surface area contributed by atoms with Crippen molar-refractivity contribution < 1.29 is 19.1 Å². The molecular formula is C18H23NO4. The number of benzene rings is 1. The molecule has 1 aromatic carbocycles. The van der Waals surface area contributed by atoms with E-state index in [2.05, 4.69) is 0 Å². The fourth-order valence-electron chi connectivity index (χ4n) is 3.21. The van der Waals surface area contributed by atoms with Crippen LogP contribution in [0.1, 0.15) is 38.7 Å². The molecule has 0 spiro atoms. The van der Waals surface area contributed by atoms with Crippen LogP contribution < -0.4 is 0 Å². The Kier molecular flexibility index (Phi) is 4.39. The Hall–Kier alpha value is -1.88. The first-order valence-corrected chi connectivity index (χ1v) is 8.14. The second-order valence-electron chi connectivity index (χ2n) is 6.82. The lowest BCUT2D eigenvalue weighted by atomic mass is 10.0. The zero-order valence-corrected chi connectivity index (χ0v) is 13.6. The van der Waals surface area contributed by atoms with Gasteiger partial charge in [0.1, 0.15) is 18.4 Å². The van der Waals surface area contributed by atoms with Gasteiger partial charge in [0.15, 0.2) is 6.29 Å². The third-order valence-electron chi connectivity index (χ3n) is 4.52. The number of hydrogen-bond acceptors (Lipinski definition) is 4. The fraction of sp³-hybridized carbons (Fsp3) is 0.556. The van der Waals surface area contributed by atoms with Gasteiger partial charge in [-0.3, -0.25) is 4.90 Å². The quantitative estimate of drug-likeness (QED) is 0.783. The van der Waals surface area contributed by atoms with Crippen LogP contribution in [0, 0.1) is 5.92 Å². The zero-order valence-electron chi connectivity index (χ0n) is 13.6. The molecule has 3 rings (SSSR count). The van der Waals surface area contributed by atoms with Crippen molar-refractivity contribution in [3.63, 3.8) is 0 Å². The van der Waals surface area contributed by atoms with Crippen LogP contribution in [0.25, 0.3) is 0 Å². The molecule has 1 unspecified atom stereocenters. The van der Waals surface area contributed by atoms with E-state index in [1.165, 1.54) is 0 Å². The third kappa shape index (κ3) is 3.55. The molecule has 1 amide bonds. The monoisotopic (exact) mass is 317 g/mol. The molecule has 124 valence electrons. The lowest BCUT2D eigenvalue weighted by Crippen LogP contribution is -2.48. The summed E-state index contributed by atoms with van der Waals surface area (Å²) in [5, 5.41) is 0. The van der Waals surface area contributed by atoms with Gasteiger partial charge in [-0.2, -0.15) is 0 Å². The highest BCUT2D eigenvalue weighted by Gasteiger charge is 2.51. The number of hydrogen-bond donors (Lipinski definition) is 0. The Labute approximate surface area is 136 Å². The molecule has 2 aliphatic rings. The second-order valence-corrected chi connectivity index (χ2v) is 6.82. The van der Waals surface area contributed by atoms with Gasteiger partial charge in [0.05, 0.1) is 6.04 Å². The van der Waals surface area contributed by atoms with Gasteiger partial charge in [-0.1, -0.05) is 43.2 Å². The molecule has 23 heavy (non-hydrogen) atoms. The van der Waals surface area contributed by atoms with Crippen LogP contribution in [0.2, 0.25) is 0 Å². The Morgan fingerprint density at radius 2 is 2.04 bits per heavy atom. The summed E-state index contributed by atoms with van der Waals surface area (Å²) in [6.07, 6.45) is 2.93. The predicted molar refractivity (Wildman–Crippen MR) is 84.6 cm³/mol. The van der Waals surface area contributed by atoms with Gasteiger partial charge in [0, 0.05) is 0 Å². The second kappa shape index (κ2) is 6.32.